The second-order valence-corrected chi connectivity index (χ2v) is 6.85. The molecule has 0 bridgehead atoms. The number of benzene rings is 1. The zero-order valence-electron chi connectivity index (χ0n) is 11.9. The molecule has 2 aromatic rings. The van der Waals surface area contributed by atoms with Crippen molar-refractivity contribution >= 4 is 10.0 Å². The number of ether oxygens (including phenoxy) is 1. The number of para-hydroxylation sites is 1. The minimum Gasteiger partial charge on any atom is -0.488 e. The lowest BCUT2D eigenvalue weighted by molar-refractivity contribution is 0.236. The quantitative estimate of drug-likeness (QED) is 0.915. The number of rotatable bonds is 4. The van der Waals surface area contributed by atoms with E-state index in [0.29, 0.717) is 12.2 Å². The van der Waals surface area contributed by atoms with Crippen LogP contribution in [0.2, 0.25) is 0 Å². The SMILES string of the molecule is Cc1nc(S(=O)(=O)NC[C@H]2Cc3ccccc3O2)cn1C. The van der Waals surface area contributed by atoms with Gasteiger partial charge in [0.15, 0.2) is 5.03 Å². The fraction of sp³-hybridized carbons (Fsp3) is 0.357. The first-order valence-corrected chi connectivity index (χ1v) is 8.18. The maximum absolute atomic E-state index is 12.2. The minimum absolute atomic E-state index is 0.0398. The third-order valence-electron chi connectivity index (χ3n) is 3.58. The number of sulfonamides is 1. The van der Waals surface area contributed by atoms with Crippen molar-refractivity contribution in [2.24, 2.45) is 7.05 Å². The maximum atomic E-state index is 12.2. The highest BCUT2D eigenvalue weighted by Crippen LogP contribution is 2.27. The highest BCUT2D eigenvalue weighted by Gasteiger charge is 2.25. The summed E-state index contributed by atoms with van der Waals surface area (Å²) in [4.78, 5) is 4.04. The number of nitrogens with zero attached hydrogens (tertiary/aromatic N) is 2. The van der Waals surface area contributed by atoms with Crippen LogP contribution in [0.5, 0.6) is 5.75 Å². The summed E-state index contributed by atoms with van der Waals surface area (Å²) in [5.41, 5.74) is 1.11. The fourth-order valence-corrected chi connectivity index (χ4v) is 3.40. The minimum atomic E-state index is -3.60. The van der Waals surface area contributed by atoms with Gasteiger partial charge in [0.25, 0.3) is 10.0 Å². The van der Waals surface area contributed by atoms with Crippen LogP contribution in [0.15, 0.2) is 35.5 Å². The molecule has 1 atom stereocenters. The first-order chi connectivity index (χ1) is 9.95. The molecule has 112 valence electrons. The molecule has 21 heavy (non-hydrogen) atoms. The van der Waals surface area contributed by atoms with Gasteiger partial charge in [0.05, 0.1) is 0 Å². The van der Waals surface area contributed by atoms with E-state index in [2.05, 4.69) is 9.71 Å². The van der Waals surface area contributed by atoms with Crippen molar-refractivity contribution in [3.05, 3.63) is 41.9 Å². The third kappa shape index (κ3) is 2.79. The van der Waals surface area contributed by atoms with Gasteiger partial charge in [-0.15, -0.1) is 0 Å². The fourth-order valence-electron chi connectivity index (χ4n) is 2.30. The Kier molecular flexibility index (Phi) is 3.46. The van der Waals surface area contributed by atoms with Crippen LogP contribution in [0.25, 0.3) is 0 Å². The number of imidazole rings is 1. The van der Waals surface area contributed by atoms with Gasteiger partial charge in [-0.2, -0.15) is 0 Å². The van der Waals surface area contributed by atoms with Gasteiger partial charge in [0.2, 0.25) is 0 Å². The van der Waals surface area contributed by atoms with Crippen LogP contribution < -0.4 is 9.46 Å². The average molecular weight is 307 g/mol. The van der Waals surface area contributed by atoms with E-state index in [1.807, 2.05) is 24.3 Å². The summed E-state index contributed by atoms with van der Waals surface area (Å²) in [6.45, 7) is 1.99. The Bertz CT molecular complexity index is 723. The van der Waals surface area contributed by atoms with Gasteiger partial charge in [-0.05, 0) is 18.6 Å². The van der Waals surface area contributed by atoms with E-state index < -0.39 is 10.0 Å². The van der Waals surface area contributed by atoms with Gasteiger partial charge < -0.3 is 9.30 Å². The Morgan fingerprint density at radius 2 is 2.19 bits per heavy atom. The molecule has 0 amide bonds. The molecule has 1 aromatic heterocycles. The molecule has 2 heterocycles. The Hall–Kier alpha value is -1.86. The first-order valence-electron chi connectivity index (χ1n) is 6.70. The van der Waals surface area contributed by atoms with Crippen LogP contribution in [0.3, 0.4) is 0 Å². The molecule has 0 saturated heterocycles. The van der Waals surface area contributed by atoms with E-state index in [9.17, 15) is 8.42 Å². The molecule has 1 aliphatic heterocycles. The van der Waals surface area contributed by atoms with E-state index >= 15 is 0 Å². The predicted octanol–water partition coefficient (Wildman–Crippen LogP) is 1.01. The van der Waals surface area contributed by atoms with Crippen molar-refractivity contribution in [2.75, 3.05) is 6.54 Å². The summed E-state index contributed by atoms with van der Waals surface area (Å²) in [5, 5.41) is 0.0398. The highest BCUT2D eigenvalue weighted by atomic mass is 32.2. The van der Waals surface area contributed by atoms with E-state index in [-0.39, 0.29) is 17.7 Å². The summed E-state index contributed by atoms with van der Waals surface area (Å²) in [7, 11) is -1.84. The smallest absolute Gasteiger partial charge is 0.259 e. The van der Waals surface area contributed by atoms with Crippen molar-refractivity contribution in [3.63, 3.8) is 0 Å². The molecule has 1 aromatic carbocycles. The Morgan fingerprint density at radius 3 is 2.86 bits per heavy atom. The molecule has 7 heteroatoms. The molecule has 1 aliphatic rings. The Morgan fingerprint density at radius 1 is 1.43 bits per heavy atom. The molecule has 0 saturated carbocycles. The van der Waals surface area contributed by atoms with Crippen molar-refractivity contribution in [1.29, 1.82) is 0 Å². The zero-order chi connectivity index (χ0) is 15.0. The van der Waals surface area contributed by atoms with Crippen molar-refractivity contribution in [2.45, 2.75) is 24.5 Å². The molecule has 6 nitrogen and oxygen atoms in total. The van der Waals surface area contributed by atoms with Gasteiger partial charge in [0, 0.05) is 26.2 Å². The summed E-state index contributed by atoms with van der Waals surface area (Å²) >= 11 is 0. The number of hydrogen-bond acceptors (Lipinski definition) is 4. The van der Waals surface area contributed by atoms with E-state index in [0.717, 1.165) is 11.3 Å². The summed E-state index contributed by atoms with van der Waals surface area (Å²) in [6.07, 6.45) is 2.03. The largest absolute Gasteiger partial charge is 0.488 e. The lowest BCUT2D eigenvalue weighted by atomic mass is 10.1. The predicted molar refractivity (Wildman–Crippen MR) is 77.7 cm³/mol. The Balaban J connectivity index is 1.66. The highest BCUT2D eigenvalue weighted by molar-refractivity contribution is 7.89. The maximum Gasteiger partial charge on any atom is 0.259 e. The topological polar surface area (TPSA) is 73.2 Å². The summed E-state index contributed by atoms with van der Waals surface area (Å²) in [6, 6.07) is 7.74. The van der Waals surface area contributed by atoms with E-state index in [1.54, 1.807) is 18.5 Å². The van der Waals surface area contributed by atoms with Crippen molar-refractivity contribution in [1.82, 2.24) is 14.3 Å². The average Bonchev–Trinajstić information content (AvgIpc) is 3.01. The standard InChI is InChI=1S/C14H17N3O3S/c1-10-16-14(9-17(10)2)21(18,19)15-8-12-7-11-5-3-4-6-13(11)20-12/h3-6,9,12,15H,7-8H2,1-2H3/t12-/m1/s1. The molecule has 3 rings (SSSR count). The summed E-state index contributed by atoms with van der Waals surface area (Å²) in [5.74, 6) is 1.48. The number of fused-ring (bicyclic) bond motifs is 1. The number of aryl methyl sites for hydroxylation is 2. The first kappa shape index (κ1) is 14.1. The molecule has 1 N–H and O–H groups in total. The molecule has 0 unspecified atom stereocenters. The van der Waals surface area contributed by atoms with Crippen LogP contribution >= 0.6 is 0 Å². The van der Waals surface area contributed by atoms with Gasteiger partial charge in [-0.1, -0.05) is 18.2 Å². The molecular formula is C14H17N3O3S. The van der Waals surface area contributed by atoms with Crippen LogP contribution in [-0.4, -0.2) is 30.6 Å². The molecule has 0 fully saturated rings. The second-order valence-electron chi connectivity index (χ2n) is 5.14. The number of nitrogens with one attached hydrogen (secondary N) is 1. The monoisotopic (exact) mass is 307 g/mol. The lowest BCUT2D eigenvalue weighted by Gasteiger charge is -2.11. The van der Waals surface area contributed by atoms with Crippen LogP contribution in [0.4, 0.5) is 0 Å². The van der Waals surface area contributed by atoms with Crippen LogP contribution in [-0.2, 0) is 23.5 Å². The molecule has 0 aliphatic carbocycles. The van der Waals surface area contributed by atoms with Gasteiger partial charge in [-0.25, -0.2) is 18.1 Å². The van der Waals surface area contributed by atoms with Gasteiger partial charge in [0.1, 0.15) is 17.7 Å². The van der Waals surface area contributed by atoms with Crippen LogP contribution in [0.1, 0.15) is 11.4 Å². The number of aromatic nitrogens is 2. The van der Waals surface area contributed by atoms with Gasteiger partial charge in [-0.3, -0.25) is 0 Å². The normalized spacial score (nSPS) is 17.5. The zero-order valence-corrected chi connectivity index (χ0v) is 12.7. The Labute approximate surface area is 123 Å². The lowest BCUT2D eigenvalue weighted by Crippen LogP contribution is -2.34. The van der Waals surface area contributed by atoms with E-state index in [1.165, 1.54) is 6.20 Å². The molecule has 0 radical (unpaired) electrons. The number of hydrogen-bond donors (Lipinski definition) is 1. The van der Waals surface area contributed by atoms with Gasteiger partial charge >= 0.3 is 0 Å². The van der Waals surface area contributed by atoms with Crippen molar-refractivity contribution < 1.29 is 13.2 Å². The summed E-state index contributed by atoms with van der Waals surface area (Å²) < 4.78 is 34.3. The second kappa shape index (κ2) is 5.16. The molecular weight excluding hydrogens is 290 g/mol. The van der Waals surface area contributed by atoms with E-state index in [4.69, 9.17) is 4.74 Å². The molecule has 0 spiro atoms. The van der Waals surface area contributed by atoms with Crippen LogP contribution in [0, 0.1) is 6.92 Å². The third-order valence-corrected chi connectivity index (χ3v) is 4.87. The van der Waals surface area contributed by atoms with Crippen molar-refractivity contribution in [3.8, 4) is 5.75 Å².